The predicted molar refractivity (Wildman–Crippen MR) is 72.1 cm³/mol. The van der Waals surface area contributed by atoms with Gasteiger partial charge < -0.3 is 10.1 Å². The van der Waals surface area contributed by atoms with E-state index in [9.17, 15) is 9.59 Å². The van der Waals surface area contributed by atoms with Crippen molar-refractivity contribution in [1.29, 1.82) is 0 Å². The van der Waals surface area contributed by atoms with Crippen molar-refractivity contribution in [3.05, 3.63) is 23.8 Å². The Morgan fingerprint density at radius 1 is 1.30 bits per heavy atom. The van der Waals surface area contributed by atoms with Crippen LogP contribution < -0.4 is 5.32 Å². The van der Waals surface area contributed by atoms with Gasteiger partial charge in [0.1, 0.15) is 11.4 Å². The predicted octanol–water partition coefficient (Wildman–Crippen LogP) is 1.25. The van der Waals surface area contributed by atoms with Gasteiger partial charge in [0.2, 0.25) is 0 Å². The molecule has 0 saturated heterocycles. The quantitative estimate of drug-likeness (QED) is 0.819. The fourth-order valence-corrected chi connectivity index (χ4v) is 2.12. The molecular weight excluding hydrogens is 258 g/mol. The highest BCUT2D eigenvalue weighted by Gasteiger charge is 2.47. The fraction of sp³-hybridized carbons (Fsp3) is 0.571. The molecule has 1 fully saturated rings. The third-order valence-corrected chi connectivity index (χ3v) is 3.51. The minimum atomic E-state index is -0.865. The SMILES string of the molecule is CCOC(=O)C1(NC(=O)c2cnc(CC)nc2)CCC1. The molecule has 0 aliphatic heterocycles. The lowest BCUT2D eigenvalue weighted by Crippen LogP contribution is -2.59. The first-order valence-corrected chi connectivity index (χ1v) is 6.92. The maximum Gasteiger partial charge on any atom is 0.331 e. The molecule has 6 heteroatoms. The van der Waals surface area contributed by atoms with Crippen molar-refractivity contribution in [2.24, 2.45) is 0 Å². The zero-order valence-electron chi connectivity index (χ0n) is 11.8. The number of amides is 1. The molecule has 1 aliphatic carbocycles. The van der Waals surface area contributed by atoms with Gasteiger partial charge in [-0.15, -0.1) is 0 Å². The molecule has 0 unspecified atom stereocenters. The van der Waals surface area contributed by atoms with Gasteiger partial charge in [-0.25, -0.2) is 14.8 Å². The monoisotopic (exact) mass is 277 g/mol. The number of carbonyl (C=O) groups excluding carboxylic acids is 2. The minimum Gasteiger partial charge on any atom is -0.464 e. The highest BCUT2D eigenvalue weighted by Crippen LogP contribution is 2.33. The van der Waals surface area contributed by atoms with Crippen molar-refractivity contribution in [1.82, 2.24) is 15.3 Å². The number of nitrogens with zero attached hydrogens (tertiary/aromatic N) is 2. The molecule has 1 aromatic rings. The summed E-state index contributed by atoms with van der Waals surface area (Å²) in [6.07, 6.45) is 5.83. The summed E-state index contributed by atoms with van der Waals surface area (Å²) in [4.78, 5) is 32.3. The Morgan fingerprint density at radius 3 is 2.40 bits per heavy atom. The van der Waals surface area contributed by atoms with Crippen LogP contribution in [0.25, 0.3) is 0 Å². The van der Waals surface area contributed by atoms with Gasteiger partial charge in [-0.2, -0.15) is 0 Å². The van der Waals surface area contributed by atoms with Gasteiger partial charge in [-0.3, -0.25) is 4.79 Å². The molecule has 6 nitrogen and oxygen atoms in total. The van der Waals surface area contributed by atoms with E-state index in [1.165, 1.54) is 12.4 Å². The number of ether oxygens (including phenoxy) is 1. The molecule has 20 heavy (non-hydrogen) atoms. The molecule has 1 aliphatic rings. The van der Waals surface area contributed by atoms with Gasteiger partial charge in [0.05, 0.1) is 12.2 Å². The normalized spacial score (nSPS) is 16.1. The van der Waals surface area contributed by atoms with E-state index in [-0.39, 0.29) is 11.9 Å². The molecule has 2 rings (SSSR count). The van der Waals surface area contributed by atoms with Crippen LogP contribution in [0.1, 0.15) is 49.3 Å². The number of carbonyl (C=O) groups is 2. The first-order chi connectivity index (χ1) is 9.61. The lowest BCUT2D eigenvalue weighted by Gasteiger charge is -2.39. The molecular formula is C14H19N3O3. The van der Waals surface area contributed by atoms with E-state index in [2.05, 4.69) is 15.3 Å². The molecule has 1 N–H and O–H groups in total. The molecule has 0 bridgehead atoms. The highest BCUT2D eigenvalue weighted by molar-refractivity contribution is 5.98. The van der Waals surface area contributed by atoms with Gasteiger partial charge in [-0.05, 0) is 26.2 Å². The van der Waals surface area contributed by atoms with Crippen LogP contribution in [0.2, 0.25) is 0 Å². The van der Waals surface area contributed by atoms with Gasteiger partial charge in [0.15, 0.2) is 0 Å². The van der Waals surface area contributed by atoms with Gasteiger partial charge in [-0.1, -0.05) is 6.92 Å². The van der Waals surface area contributed by atoms with Crippen LogP contribution in [0.3, 0.4) is 0 Å². The van der Waals surface area contributed by atoms with E-state index >= 15 is 0 Å². The Morgan fingerprint density at radius 2 is 1.95 bits per heavy atom. The van der Waals surface area contributed by atoms with E-state index in [1.54, 1.807) is 6.92 Å². The average molecular weight is 277 g/mol. The lowest BCUT2D eigenvalue weighted by atomic mass is 9.76. The van der Waals surface area contributed by atoms with Crippen molar-refractivity contribution in [2.45, 2.75) is 45.1 Å². The number of nitrogens with one attached hydrogen (secondary N) is 1. The zero-order valence-corrected chi connectivity index (χ0v) is 11.8. The standard InChI is InChI=1S/C14H19N3O3/c1-3-11-15-8-10(9-16-11)12(18)17-14(6-5-7-14)13(19)20-4-2/h8-9H,3-7H2,1-2H3,(H,17,18). The number of hydrogen-bond acceptors (Lipinski definition) is 5. The average Bonchev–Trinajstić information content (AvgIpc) is 2.43. The Labute approximate surface area is 118 Å². The third kappa shape index (κ3) is 2.79. The Balaban J connectivity index is 2.07. The summed E-state index contributed by atoms with van der Waals surface area (Å²) in [5.41, 5.74) is -0.506. The van der Waals surface area contributed by atoms with Crippen LogP contribution in [-0.2, 0) is 16.0 Å². The molecule has 0 atom stereocenters. The summed E-state index contributed by atoms with van der Waals surface area (Å²) in [6.45, 7) is 4.01. The summed E-state index contributed by atoms with van der Waals surface area (Å²) in [6, 6.07) is 0. The molecule has 1 heterocycles. The number of hydrogen-bond donors (Lipinski definition) is 1. The highest BCUT2D eigenvalue weighted by atomic mass is 16.5. The molecule has 0 aromatic carbocycles. The van der Waals surface area contributed by atoms with E-state index in [1.807, 2.05) is 6.92 Å². The summed E-state index contributed by atoms with van der Waals surface area (Å²) in [5.74, 6) is -0.00333. The molecule has 0 radical (unpaired) electrons. The Bertz CT molecular complexity index is 495. The second-order valence-electron chi connectivity index (χ2n) is 4.85. The van der Waals surface area contributed by atoms with Crippen LogP contribution in [0.15, 0.2) is 12.4 Å². The van der Waals surface area contributed by atoms with Crippen molar-refractivity contribution in [3.8, 4) is 0 Å². The molecule has 1 aromatic heterocycles. The van der Waals surface area contributed by atoms with E-state index < -0.39 is 5.54 Å². The van der Waals surface area contributed by atoms with E-state index in [0.717, 1.165) is 6.42 Å². The van der Waals surface area contributed by atoms with Crippen LogP contribution >= 0.6 is 0 Å². The number of rotatable bonds is 5. The first-order valence-electron chi connectivity index (χ1n) is 6.92. The van der Waals surface area contributed by atoms with Gasteiger partial charge in [0.25, 0.3) is 5.91 Å². The van der Waals surface area contributed by atoms with Crippen LogP contribution in [0.5, 0.6) is 0 Å². The zero-order chi connectivity index (χ0) is 14.6. The minimum absolute atomic E-state index is 0.310. The van der Waals surface area contributed by atoms with E-state index in [4.69, 9.17) is 4.74 Å². The lowest BCUT2D eigenvalue weighted by molar-refractivity contribution is -0.154. The fourth-order valence-electron chi connectivity index (χ4n) is 2.12. The summed E-state index contributed by atoms with van der Waals surface area (Å²) < 4.78 is 5.04. The summed E-state index contributed by atoms with van der Waals surface area (Å²) in [5, 5.41) is 2.77. The largest absolute Gasteiger partial charge is 0.464 e. The Hall–Kier alpha value is -1.98. The van der Waals surface area contributed by atoms with E-state index in [0.29, 0.717) is 37.3 Å². The van der Waals surface area contributed by atoms with Crippen molar-refractivity contribution >= 4 is 11.9 Å². The van der Waals surface area contributed by atoms with Crippen LogP contribution in [0.4, 0.5) is 0 Å². The molecule has 1 amide bonds. The maximum atomic E-state index is 12.2. The topological polar surface area (TPSA) is 81.2 Å². The van der Waals surface area contributed by atoms with Crippen molar-refractivity contribution < 1.29 is 14.3 Å². The number of aryl methyl sites for hydroxylation is 1. The van der Waals surface area contributed by atoms with Crippen molar-refractivity contribution in [2.75, 3.05) is 6.61 Å². The molecule has 0 spiro atoms. The van der Waals surface area contributed by atoms with Crippen LogP contribution in [0, 0.1) is 0 Å². The number of esters is 1. The second kappa shape index (κ2) is 5.98. The van der Waals surface area contributed by atoms with Gasteiger partial charge in [0, 0.05) is 18.8 Å². The smallest absolute Gasteiger partial charge is 0.331 e. The summed E-state index contributed by atoms with van der Waals surface area (Å²) in [7, 11) is 0. The second-order valence-corrected chi connectivity index (χ2v) is 4.85. The third-order valence-electron chi connectivity index (χ3n) is 3.51. The first kappa shape index (κ1) is 14.4. The molecule has 108 valence electrons. The maximum absolute atomic E-state index is 12.2. The Kier molecular flexibility index (Phi) is 4.32. The van der Waals surface area contributed by atoms with Crippen molar-refractivity contribution in [3.63, 3.8) is 0 Å². The molecule has 1 saturated carbocycles. The van der Waals surface area contributed by atoms with Gasteiger partial charge >= 0.3 is 5.97 Å². The summed E-state index contributed by atoms with van der Waals surface area (Å²) >= 11 is 0. The number of aromatic nitrogens is 2. The van der Waals surface area contributed by atoms with Crippen LogP contribution in [-0.4, -0.2) is 34.0 Å².